The summed E-state index contributed by atoms with van der Waals surface area (Å²) in [5, 5.41) is 0.777. The van der Waals surface area contributed by atoms with Gasteiger partial charge in [-0.3, -0.25) is 4.79 Å². The number of aromatic amines is 1. The van der Waals surface area contributed by atoms with Crippen molar-refractivity contribution in [2.45, 2.75) is 26.2 Å². The van der Waals surface area contributed by atoms with E-state index in [-0.39, 0.29) is 10.8 Å². The fourth-order valence-corrected chi connectivity index (χ4v) is 2.11. The van der Waals surface area contributed by atoms with Crippen LogP contribution in [-0.2, 0) is 5.41 Å². The molecule has 0 aliphatic rings. The van der Waals surface area contributed by atoms with Crippen molar-refractivity contribution in [2.24, 2.45) is 0 Å². The molecule has 84 valence electrons. The predicted molar refractivity (Wildman–Crippen MR) is 76.0 cm³/mol. The van der Waals surface area contributed by atoms with E-state index in [9.17, 15) is 4.79 Å². The molecule has 0 saturated carbocycles. The van der Waals surface area contributed by atoms with E-state index in [0.717, 1.165) is 14.5 Å². The van der Waals surface area contributed by atoms with E-state index in [1.807, 2.05) is 12.1 Å². The number of benzene rings is 1. The fourth-order valence-electron chi connectivity index (χ4n) is 1.66. The van der Waals surface area contributed by atoms with Crippen LogP contribution in [0.1, 0.15) is 26.3 Å². The molecular weight excluding hydrogens is 313 g/mol. The number of hydrogen-bond donors (Lipinski definition) is 1. The Balaban J connectivity index is 2.79. The number of halogens is 1. The zero-order chi connectivity index (χ0) is 11.9. The quantitative estimate of drug-likeness (QED) is 0.739. The summed E-state index contributed by atoms with van der Waals surface area (Å²) in [5.74, 6) is 0. The van der Waals surface area contributed by atoms with Gasteiger partial charge in [-0.1, -0.05) is 26.8 Å². The van der Waals surface area contributed by atoms with Crippen molar-refractivity contribution in [3.05, 3.63) is 43.8 Å². The highest BCUT2D eigenvalue weighted by atomic mass is 127. The van der Waals surface area contributed by atoms with Crippen LogP contribution in [0.15, 0.2) is 29.2 Å². The Kier molecular flexibility index (Phi) is 2.82. The molecule has 2 aromatic rings. The molecule has 1 aromatic carbocycles. The van der Waals surface area contributed by atoms with Crippen molar-refractivity contribution >= 4 is 33.5 Å². The second-order valence-corrected chi connectivity index (χ2v) is 6.14. The van der Waals surface area contributed by atoms with Crippen LogP contribution in [-0.4, -0.2) is 4.98 Å². The SMILES string of the molecule is CC(C)(C)c1ccc2[nH]cc(I)c(=O)c2c1. The lowest BCUT2D eigenvalue weighted by atomic mass is 9.86. The molecule has 0 atom stereocenters. The van der Waals surface area contributed by atoms with Gasteiger partial charge in [0.1, 0.15) is 0 Å². The highest BCUT2D eigenvalue weighted by Crippen LogP contribution is 2.24. The first kappa shape index (κ1) is 11.6. The number of fused-ring (bicyclic) bond motifs is 1. The Morgan fingerprint density at radius 3 is 2.56 bits per heavy atom. The summed E-state index contributed by atoms with van der Waals surface area (Å²) in [4.78, 5) is 15.1. The predicted octanol–water partition coefficient (Wildman–Crippen LogP) is 3.43. The van der Waals surface area contributed by atoms with Crippen LogP contribution in [0.3, 0.4) is 0 Å². The van der Waals surface area contributed by atoms with E-state index in [2.05, 4.69) is 54.4 Å². The summed E-state index contributed by atoms with van der Waals surface area (Å²) in [6.07, 6.45) is 1.75. The van der Waals surface area contributed by atoms with Crippen LogP contribution in [0.5, 0.6) is 0 Å². The minimum atomic E-state index is 0.0713. The van der Waals surface area contributed by atoms with Crippen molar-refractivity contribution in [2.75, 3.05) is 0 Å². The lowest BCUT2D eigenvalue weighted by Crippen LogP contribution is -2.13. The third-order valence-electron chi connectivity index (χ3n) is 2.70. The Labute approximate surface area is 108 Å². The standard InChI is InChI=1S/C13H14INO/c1-13(2,3)8-4-5-11-9(6-8)12(16)10(14)7-15-11/h4-7H,1-3H3,(H,15,16). The van der Waals surface area contributed by atoms with E-state index in [1.54, 1.807) is 6.20 Å². The van der Waals surface area contributed by atoms with E-state index < -0.39 is 0 Å². The molecule has 1 N–H and O–H groups in total. The van der Waals surface area contributed by atoms with Crippen molar-refractivity contribution in [3.63, 3.8) is 0 Å². The number of H-pyrrole nitrogens is 1. The fraction of sp³-hybridized carbons (Fsp3) is 0.308. The van der Waals surface area contributed by atoms with Crippen molar-refractivity contribution < 1.29 is 0 Å². The third kappa shape index (κ3) is 2.00. The monoisotopic (exact) mass is 327 g/mol. The third-order valence-corrected chi connectivity index (χ3v) is 3.50. The molecule has 0 saturated heterocycles. The second-order valence-electron chi connectivity index (χ2n) is 4.98. The number of rotatable bonds is 0. The molecule has 2 nitrogen and oxygen atoms in total. The summed E-state index contributed by atoms with van der Waals surface area (Å²) < 4.78 is 0.733. The van der Waals surface area contributed by atoms with Crippen LogP contribution >= 0.6 is 22.6 Å². The topological polar surface area (TPSA) is 32.9 Å². The molecule has 0 spiro atoms. The summed E-state index contributed by atoms with van der Waals surface area (Å²) >= 11 is 2.06. The molecule has 1 heterocycles. The van der Waals surface area contributed by atoms with Gasteiger partial charge in [0.05, 0.1) is 3.57 Å². The first-order valence-corrected chi connectivity index (χ1v) is 6.29. The Hall–Kier alpha value is -0.840. The molecule has 0 aliphatic carbocycles. The van der Waals surface area contributed by atoms with Gasteiger partial charge in [-0.25, -0.2) is 0 Å². The van der Waals surface area contributed by atoms with Gasteiger partial charge in [0.25, 0.3) is 0 Å². The van der Waals surface area contributed by atoms with Gasteiger partial charge in [-0.15, -0.1) is 0 Å². The molecule has 0 aliphatic heterocycles. The van der Waals surface area contributed by atoms with Crippen LogP contribution in [0, 0.1) is 3.57 Å². The summed E-state index contributed by atoms with van der Waals surface area (Å²) in [6, 6.07) is 6.05. The maximum absolute atomic E-state index is 12.0. The van der Waals surface area contributed by atoms with Crippen molar-refractivity contribution in [1.82, 2.24) is 4.98 Å². The van der Waals surface area contributed by atoms with Gasteiger partial charge < -0.3 is 4.98 Å². The maximum Gasteiger partial charge on any atom is 0.202 e. The Morgan fingerprint density at radius 2 is 1.94 bits per heavy atom. The van der Waals surface area contributed by atoms with Gasteiger partial charge >= 0.3 is 0 Å². The molecule has 0 radical (unpaired) electrons. The molecule has 0 unspecified atom stereocenters. The normalized spacial score (nSPS) is 12.0. The molecule has 0 amide bonds. The lowest BCUT2D eigenvalue weighted by Gasteiger charge is -2.19. The molecule has 0 fully saturated rings. The number of nitrogens with one attached hydrogen (secondary N) is 1. The summed E-state index contributed by atoms with van der Waals surface area (Å²) in [7, 11) is 0. The highest BCUT2D eigenvalue weighted by molar-refractivity contribution is 14.1. The first-order chi connectivity index (χ1) is 7.39. The molecule has 1 aromatic heterocycles. The molecule has 16 heavy (non-hydrogen) atoms. The highest BCUT2D eigenvalue weighted by Gasteiger charge is 2.14. The number of hydrogen-bond acceptors (Lipinski definition) is 1. The van der Waals surface area contributed by atoms with E-state index in [1.165, 1.54) is 5.56 Å². The van der Waals surface area contributed by atoms with E-state index in [4.69, 9.17) is 0 Å². The largest absolute Gasteiger partial charge is 0.360 e. The van der Waals surface area contributed by atoms with Gasteiger partial charge in [0, 0.05) is 17.1 Å². The molecular formula is C13H14INO. The van der Waals surface area contributed by atoms with Gasteiger partial charge in [-0.05, 0) is 45.7 Å². The van der Waals surface area contributed by atoms with Gasteiger partial charge in [0.2, 0.25) is 5.43 Å². The van der Waals surface area contributed by atoms with Crippen LogP contribution in [0.25, 0.3) is 10.9 Å². The molecule has 2 rings (SSSR count). The zero-order valence-corrected chi connectivity index (χ0v) is 11.8. The number of pyridine rings is 1. The van der Waals surface area contributed by atoms with Gasteiger partial charge in [-0.2, -0.15) is 0 Å². The first-order valence-electron chi connectivity index (χ1n) is 5.21. The zero-order valence-electron chi connectivity index (χ0n) is 9.60. The van der Waals surface area contributed by atoms with Crippen molar-refractivity contribution in [3.8, 4) is 0 Å². The van der Waals surface area contributed by atoms with E-state index in [0.29, 0.717) is 0 Å². The molecule has 3 heteroatoms. The van der Waals surface area contributed by atoms with Crippen molar-refractivity contribution in [1.29, 1.82) is 0 Å². The lowest BCUT2D eigenvalue weighted by molar-refractivity contribution is 0.591. The smallest absolute Gasteiger partial charge is 0.202 e. The van der Waals surface area contributed by atoms with Gasteiger partial charge in [0.15, 0.2) is 0 Å². The van der Waals surface area contributed by atoms with Crippen LogP contribution < -0.4 is 5.43 Å². The second kappa shape index (κ2) is 3.87. The van der Waals surface area contributed by atoms with Crippen LogP contribution in [0.4, 0.5) is 0 Å². The summed E-state index contributed by atoms with van der Waals surface area (Å²) in [6.45, 7) is 6.45. The minimum Gasteiger partial charge on any atom is -0.360 e. The average molecular weight is 327 g/mol. The summed E-state index contributed by atoms with van der Waals surface area (Å²) in [5.41, 5.74) is 2.27. The maximum atomic E-state index is 12.0. The number of aromatic nitrogens is 1. The van der Waals surface area contributed by atoms with E-state index >= 15 is 0 Å². The molecule has 0 bridgehead atoms. The Bertz CT molecular complexity index is 593. The minimum absolute atomic E-state index is 0.0713. The average Bonchev–Trinajstić information content (AvgIpc) is 2.22. The van der Waals surface area contributed by atoms with Crippen LogP contribution in [0.2, 0.25) is 0 Å². The Morgan fingerprint density at radius 1 is 1.25 bits per heavy atom.